The zero-order chi connectivity index (χ0) is 13.2. The number of hydrogen-bond donors (Lipinski definition) is 1. The second-order valence-corrected chi connectivity index (χ2v) is 4.60. The molecule has 0 aliphatic rings. The Kier molecular flexibility index (Phi) is 3.05. The third kappa shape index (κ3) is 2.02. The molecule has 2 N–H and O–H groups in total. The molecule has 0 saturated heterocycles. The normalized spacial score (nSPS) is 11.1. The molecule has 0 unspecified atom stereocenters. The summed E-state index contributed by atoms with van der Waals surface area (Å²) >= 11 is 0. The van der Waals surface area contributed by atoms with Gasteiger partial charge in [0.1, 0.15) is 5.65 Å². The van der Waals surface area contributed by atoms with E-state index >= 15 is 0 Å². The van der Waals surface area contributed by atoms with Crippen LogP contribution in [0.15, 0.2) is 48.7 Å². The summed E-state index contributed by atoms with van der Waals surface area (Å²) < 4.78 is 2.16. The lowest BCUT2D eigenvalue weighted by atomic mass is 10.1. The van der Waals surface area contributed by atoms with Gasteiger partial charge < -0.3 is 10.1 Å². The van der Waals surface area contributed by atoms with Crippen molar-refractivity contribution in [1.29, 1.82) is 0 Å². The van der Waals surface area contributed by atoms with Crippen LogP contribution in [0.2, 0.25) is 0 Å². The predicted octanol–water partition coefficient (Wildman–Crippen LogP) is 3.02. The van der Waals surface area contributed by atoms with Gasteiger partial charge in [0.2, 0.25) is 0 Å². The highest BCUT2D eigenvalue weighted by Gasteiger charge is 2.12. The van der Waals surface area contributed by atoms with Crippen LogP contribution in [0.5, 0.6) is 0 Å². The Balaban J connectivity index is 2.26. The first-order valence-electron chi connectivity index (χ1n) is 6.59. The van der Waals surface area contributed by atoms with Crippen LogP contribution in [0, 0.1) is 0 Å². The van der Waals surface area contributed by atoms with E-state index in [1.54, 1.807) is 0 Å². The topological polar surface area (TPSA) is 43.3 Å². The summed E-state index contributed by atoms with van der Waals surface area (Å²) in [7, 11) is 0. The molecular formula is C16H17N3. The first kappa shape index (κ1) is 11.9. The molecule has 3 aromatic rings. The highest BCUT2D eigenvalue weighted by molar-refractivity contribution is 5.66. The third-order valence-corrected chi connectivity index (χ3v) is 3.40. The molecule has 0 spiro atoms. The van der Waals surface area contributed by atoms with Crippen molar-refractivity contribution in [2.45, 2.75) is 19.9 Å². The SMILES string of the molecule is CCc1c(-c2ccccc2)nc2ccc(CN)cn12. The van der Waals surface area contributed by atoms with E-state index in [1.165, 1.54) is 5.69 Å². The molecule has 19 heavy (non-hydrogen) atoms. The van der Waals surface area contributed by atoms with Gasteiger partial charge in [0, 0.05) is 18.3 Å². The monoisotopic (exact) mass is 251 g/mol. The van der Waals surface area contributed by atoms with Gasteiger partial charge in [-0.05, 0) is 18.1 Å². The van der Waals surface area contributed by atoms with Crippen molar-refractivity contribution >= 4 is 5.65 Å². The standard InChI is InChI=1S/C16H17N3/c1-2-14-16(13-6-4-3-5-7-13)18-15-9-8-12(10-17)11-19(14)15/h3-9,11H,2,10,17H2,1H3. The summed E-state index contributed by atoms with van der Waals surface area (Å²) in [6.45, 7) is 2.71. The number of fused-ring (bicyclic) bond motifs is 1. The number of aromatic nitrogens is 2. The minimum Gasteiger partial charge on any atom is -0.326 e. The van der Waals surface area contributed by atoms with Crippen molar-refractivity contribution in [2.75, 3.05) is 0 Å². The summed E-state index contributed by atoms with van der Waals surface area (Å²) in [6.07, 6.45) is 3.03. The number of nitrogens with two attached hydrogens (primary N) is 1. The lowest BCUT2D eigenvalue weighted by Gasteiger charge is -2.03. The molecule has 0 fully saturated rings. The number of aryl methyl sites for hydroxylation is 1. The van der Waals surface area contributed by atoms with E-state index in [1.807, 2.05) is 30.3 Å². The molecule has 0 aliphatic carbocycles. The van der Waals surface area contributed by atoms with Gasteiger partial charge in [-0.25, -0.2) is 4.98 Å². The fraction of sp³-hybridized carbons (Fsp3) is 0.188. The van der Waals surface area contributed by atoms with E-state index in [4.69, 9.17) is 10.7 Å². The zero-order valence-electron chi connectivity index (χ0n) is 11.0. The molecule has 0 bridgehead atoms. The maximum atomic E-state index is 5.72. The lowest BCUT2D eigenvalue weighted by molar-refractivity contribution is 0.964. The summed E-state index contributed by atoms with van der Waals surface area (Å²) in [4.78, 5) is 4.75. The molecule has 0 radical (unpaired) electrons. The molecule has 0 amide bonds. The molecule has 2 aromatic heterocycles. The van der Waals surface area contributed by atoms with Gasteiger partial charge in [-0.3, -0.25) is 0 Å². The van der Waals surface area contributed by atoms with Crippen LogP contribution in [-0.2, 0) is 13.0 Å². The Morgan fingerprint density at radius 2 is 1.89 bits per heavy atom. The van der Waals surface area contributed by atoms with Crippen LogP contribution in [0.3, 0.4) is 0 Å². The third-order valence-electron chi connectivity index (χ3n) is 3.40. The zero-order valence-corrected chi connectivity index (χ0v) is 11.0. The largest absolute Gasteiger partial charge is 0.326 e. The van der Waals surface area contributed by atoms with Gasteiger partial charge in [-0.15, -0.1) is 0 Å². The van der Waals surface area contributed by atoms with Gasteiger partial charge in [0.15, 0.2) is 0 Å². The van der Waals surface area contributed by atoms with Crippen molar-refractivity contribution in [3.05, 3.63) is 59.9 Å². The highest BCUT2D eigenvalue weighted by atomic mass is 15.0. The number of benzene rings is 1. The molecule has 96 valence electrons. The number of pyridine rings is 1. The highest BCUT2D eigenvalue weighted by Crippen LogP contribution is 2.25. The molecule has 1 aromatic carbocycles. The number of nitrogens with zero attached hydrogens (tertiary/aromatic N) is 2. The molecular weight excluding hydrogens is 234 g/mol. The fourth-order valence-electron chi connectivity index (χ4n) is 2.42. The van der Waals surface area contributed by atoms with Gasteiger partial charge in [-0.2, -0.15) is 0 Å². The van der Waals surface area contributed by atoms with Crippen LogP contribution in [-0.4, -0.2) is 9.38 Å². The van der Waals surface area contributed by atoms with Crippen molar-refractivity contribution in [1.82, 2.24) is 9.38 Å². The van der Waals surface area contributed by atoms with Gasteiger partial charge in [0.05, 0.1) is 11.4 Å². The van der Waals surface area contributed by atoms with Crippen LogP contribution < -0.4 is 5.73 Å². The quantitative estimate of drug-likeness (QED) is 0.777. The number of imidazole rings is 1. The van der Waals surface area contributed by atoms with E-state index in [0.717, 1.165) is 28.9 Å². The maximum absolute atomic E-state index is 5.72. The Hall–Kier alpha value is -2.13. The van der Waals surface area contributed by atoms with Gasteiger partial charge in [-0.1, -0.05) is 43.3 Å². The van der Waals surface area contributed by atoms with Crippen molar-refractivity contribution < 1.29 is 0 Å². The maximum Gasteiger partial charge on any atom is 0.137 e. The average Bonchev–Trinajstić information content (AvgIpc) is 2.85. The summed E-state index contributed by atoms with van der Waals surface area (Å²) in [6, 6.07) is 14.4. The molecule has 3 heteroatoms. The van der Waals surface area contributed by atoms with Crippen LogP contribution in [0.4, 0.5) is 0 Å². The smallest absolute Gasteiger partial charge is 0.137 e. The van der Waals surface area contributed by atoms with E-state index in [2.05, 4.69) is 29.7 Å². The van der Waals surface area contributed by atoms with Crippen LogP contribution >= 0.6 is 0 Å². The van der Waals surface area contributed by atoms with E-state index in [0.29, 0.717) is 6.54 Å². The minimum absolute atomic E-state index is 0.554. The fourth-order valence-corrected chi connectivity index (χ4v) is 2.42. The Morgan fingerprint density at radius 3 is 2.58 bits per heavy atom. The van der Waals surface area contributed by atoms with E-state index in [-0.39, 0.29) is 0 Å². The minimum atomic E-state index is 0.554. The molecule has 3 nitrogen and oxygen atoms in total. The second-order valence-electron chi connectivity index (χ2n) is 4.60. The predicted molar refractivity (Wildman–Crippen MR) is 77.9 cm³/mol. The van der Waals surface area contributed by atoms with Crippen LogP contribution in [0.25, 0.3) is 16.9 Å². The first-order chi connectivity index (χ1) is 9.33. The Labute approximate surface area is 112 Å². The molecule has 0 aliphatic heterocycles. The van der Waals surface area contributed by atoms with Crippen molar-refractivity contribution in [2.24, 2.45) is 5.73 Å². The van der Waals surface area contributed by atoms with Crippen molar-refractivity contribution in [3.8, 4) is 11.3 Å². The summed E-state index contributed by atoms with van der Waals surface area (Å²) in [5.74, 6) is 0. The van der Waals surface area contributed by atoms with Crippen molar-refractivity contribution in [3.63, 3.8) is 0 Å². The lowest BCUT2D eigenvalue weighted by Crippen LogP contribution is -2.00. The molecule has 2 heterocycles. The Morgan fingerprint density at radius 1 is 1.11 bits per heavy atom. The number of rotatable bonds is 3. The van der Waals surface area contributed by atoms with E-state index < -0.39 is 0 Å². The summed E-state index contributed by atoms with van der Waals surface area (Å²) in [5, 5.41) is 0. The molecule has 3 rings (SSSR count). The average molecular weight is 251 g/mol. The van der Waals surface area contributed by atoms with E-state index in [9.17, 15) is 0 Å². The van der Waals surface area contributed by atoms with Gasteiger partial charge in [0.25, 0.3) is 0 Å². The first-order valence-corrected chi connectivity index (χ1v) is 6.59. The molecule has 0 saturated carbocycles. The summed E-state index contributed by atoms with van der Waals surface area (Å²) in [5.41, 5.74) is 11.3. The second kappa shape index (κ2) is 4.86. The van der Waals surface area contributed by atoms with Crippen LogP contribution in [0.1, 0.15) is 18.2 Å². The molecule has 0 atom stereocenters. The Bertz CT molecular complexity index is 699. The number of hydrogen-bond acceptors (Lipinski definition) is 2. The van der Waals surface area contributed by atoms with Gasteiger partial charge >= 0.3 is 0 Å².